The van der Waals surface area contributed by atoms with Crippen LogP contribution in [-0.2, 0) is 11.2 Å². The zero-order valence-electron chi connectivity index (χ0n) is 12.8. The smallest absolute Gasteiger partial charge is 0.222 e. The lowest BCUT2D eigenvalue weighted by atomic mass is 10.1. The number of anilines is 1. The molecular weight excluding hydrogens is 252 g/mol. The quantitative estimate of drug-likeness (QED) is 0.744. The van der Waals surface area contributed by atoms with Crippen LogP contribution in [0.5, 0.6) is 5.75 Å². The third kappa shape index (κ3) is 4.76. The van der Waals surface area contributed by atoms with E-state index in [0.29, 0.717) is 17.9 Å². The summed E-state index contributed by atoms with van der Waals surface area (Å²) in [6.45, 7) is 5.88. The summed E-state index contributed by atoms with van der Waals surface area (Å²) in [5.41, 5.74) is 7.57. The zero-order chi connectivity index (χ0) is 15.0. The number of carbonyl (C=O) groups excluding carboxylic acids is 1. The van der Waals surface area contributed by atoms with Gasteiger partial charge in [0.2, 0.25) is 5.91 Å². The number of amides is 1. The first-order chi connectivity index (χ1) is 9.62. The van der Waals surface area contributed by atoms with Gasteiger partial charge in [-0.2, -0.15) is 0 Å². The van der Waals surface area contributed by atoms with Crippen molar-refractivity contribution in [2.24, 2.45) is 0 Å². The highest BCUT2D eigenvalue weighted by Crippen LogP contribution is 2.22. The summed E-state index contributed by atoms with van der Waals surface area (Å²) >= 11 is 0. The summed E-state index contributed by atoms with van der Waals surface area (Å²) in [5, 5.41) is 0. The lowest BCUT2D eigenvalue weighted by molar-refractivity contribution is -0.131. The number of nitrogens with two attached hydrogens (primary N) is 1. The van der Waals surface area contributed by atoms with Crippen molar-refractivity contribution in [3.63, 3.8) is 0 Å². The minimum absolute atomic E-state index is 0.225. The molecule has 0 aromatic heterocycles. The maximum absolute atomic E-state index is 12.2. The fourth-order valence-corrected chi connectivity index (χ4v) is 2.25. The van der Waals surface area contributed by atoms with E-state index in [4.69, 9.17) is 10.5 Å². The van der Waals surface area contributed by atoms with E-state index in [9.17, 15) is 4.79 Å². The van der Waals surface area contributed by atoms with E-state index in [0.717, 1.165) is 37.9 Å². The molecule has 1 aromatic rings. The fraction of sp³-hybridized carbons (Fsp3) is 0.562. The van der Waals surface area contributed by atoms with E-state index >= 15 is 0 Å². The first-order valence-electron chi connectivity index (χ1n) is 7.32. The molecule has 0 unspecified atom stereocenters. The monoisotopic (exact) mass is 278 g/mol. The second-order valence-corrected chi connectivity index (χ2v) is 4.96. The molecule has 0 aliphatic rings. The van der Waals surface area contributed by atoms with Gasteiger partial charge in [0.1, 0.15) is 5.75 Å². The Kier molecular flexibility index (Phi) is 6.91. The van der Waals surface area contributed by atoms with Crippen LogP contribution < -0.4 is 10.5 Å². The normalized spacial score (nSPS) is 10.3. The van der Waals surface area contributed by atoms with Crippen molar-refractivity contribution >= 4 is 11.6 Å². The standard InChI is InChI=1S/C16H26N2O2/c1-4-10-18(11-5-2)16(19)9-7-13-6-8-15(20-3)14(17)12-13/h6,8,12H,4-5,7,9-11,17H2,1-3H3. The highest BCUT2D eigenvalue weighted by atomic mass is 16.5. The second-order valence-electron chi connectivity index (χ2n) is 4.96. The number of aryl methyl sites for hydroxylation is 1. The van der Waals surface area contributed by atoms with Gasteiger partial charge in [-0.25, -0.2) is 0 Å². The molecule has 1 rings (SSSR count). The van der Waals surface area contributed by atoms with Crippen LogP contribution in [0.2, 0.25) is 0 Å². The maximum atomic E-state index is 12.2. The highest BCUT2D eigenvalue weighted by molar-refractivity contribution is 5.76. The Labute approximate surface area is 121 Å². The molecule has 0 aliphatic carbocycles. The summed E-state index contributed by atoms with van der Waals surface area (Å²) in [6, 6.07) is 5.70. The summed E-state index contributed by atoms with van der Waals surface area (Å²) in [7, 11) is 1.60. The van der Waals surface area contributed by atoms with Gasteiger partial charge in [0.25, 0.3) is 0 Å². The number of rotatable bonds is 8. The molecular formula is C16H26N2O2. The Hall–Kier alpha value is -1.71. The van der Waals surface area contributed by atoms with Crippen LogP contribution in [-0.4, -0.2) is 31.0 Å². The minimum Gasteiger partial charge on any atom is -0.495 e. The lowest BCUT2D eigenvalue weighted by Gasteiger charge is -2.21. The van der Waals surface area contributed by atoms with Crippen LogP contribution >= 0.6 is 0 Å². The molecule has 0 aliphatic heterocycles. The molecule has 0 spiro atoms. The van der Waals surface area contributed by atoms with Gasteiger partial charge in [-0.05, 0) is 37.0 Å². The molecule has 0 bridgehead atoms. The molecule has 1 aromatic carbocycles. The van der Waals surface area contributed by atoms with E-state index < -0.39 is 0 Å². The fourth-order valence-electron chi connectivity index (χ4n) is 2.25. The number of benzene rings is 1. The molecule has 0 fully saturated rings. The predicted octanol–water partition coefficient (Wildman–Crippen LogP) is 2.86. The molecule has 4 heteroatoms. The number of ether oxygens (including phenoxy) is 1. The van der Waals surface area contributed by atoms with Crippen LogP contribution in [0.25, 0.3) is 0 Å². The van der Waals surface area contributed by atoms with Gasteiger partial charge in [0.15, 0.2) is 0 Å². The molecule has 4 nitrogen and oxygen atoms in total. The molecule has 0 saturated heterocycles. The molecule has 0 heterocycles. The number of nitrogen functional groups attached to an aromatic ring is 1. The van der Waals surface area contributed by atoms with Crippen LogP contribution in [0, 0.1) is 0 Å². The molecule has 1 amide bonds. The van der Waals surface area contributed by atoms with Gasteiger partial charge in [0, 0.05) is 19.5 Å². The predicted molar refractivity (Wildman–Crippen MR) is 82.9 cm³/mol. The topological polar surface area (TPSA) is 55.6 Å². The van der Waals surface area contributed by atoms with E-state index in [1.165, 1.54) is 0 Å². The number of hydrogen-bond acceptors (Lipinski definition) is 3. The van der Waals surface area contributed by atoms with Gasteiger partial charge in [-0.15, -0.1) is 0 Å². The van der Waals surface area contributed by atoms with Crippen molar-refractivity contribution in [3.8, 4) is 5.75 Å². The van der Waals surface area contributed by atoms with Crippen molar-refractivity contribution in [1.82, 2.24) is 4.90 Å². The van der Waals surface area contributed by atoms with E-state index in [1.54, 1.807) is 7.11 Å². The molecule has 0 radical (unpaired) electrons. The largest absolute Gasteiger partial charge is 0.495 e. The first kappa shape index (κ1) is 16.3. The van der Waals surface area contributed by atoms with Gasteiger partial charge < -0.3 is 15.4 Å². The number of methoxy groups -OCH3 is 1. The minimum atomic E-state index is 0.225. The molecule has 0 atom stereocenters. The zero-order valence-corrected chi connectivity index (χ0v) is 12.8. The maximum Gasteiger partial charge on any atom is 0.222 e. The van der Waals surface area contributed by atoms with Gasteiger partial charge in [0.05, 0.1) is 12.8 Å². The summed E-state index contributed by atoms with van der Waals surface area (Å²) < 4.78 is 5.13. The van der Waals surface area contributed by atoms with E-state index in [-0.39, 0.29) is 5.91 Å². The van der Waals surface area contributed by atoms with E-state index in [2.05, 4.69) is 13.8 Å². The first-order valence-corrected chi connectivity index (χ1v) is 7.32. The molecule has 0 saturated carbocycles. The van der Waals surface area contributed by atoms with Crippen molar-refractivity contribution in [2.45, 2.75) is 39.5 Å². The Morgan fingerprint density at radius 3 is 2.40 bits per heavy atom. The van der Waals surface area contributed by atoms with Crippen molar-refractivity contribution in [1.29, 1.82) is 0 Å². The summed E-state index contributed by atoms with van der Waals surface area (Å²) in [5.74, 6) is 0.904. The summed E-state index contributed by atoms with van der Waals surface area (Å²) in [4.78, 5) is 14.1. The third-order valence-electron chi connectivity index (χ3n) is 3.26. The van der Waals surface area contributed by atoms with Crippen molar-refractivity contribution in [2.75, 3.05) is 25.9 Å². The van der Waals surface area contributed by atoms with Crippen LogP contribution in [0.4, 0.5) is 5.69 Å². The molecule has 2 N–H and O–H groups in total. The van der Waals surface area contributed by atoms with Crippen LogP contribution in [0.1, 0.15) is 38.7 Å². The van der Waals surface area contributed by atoms with Crippen LogP contribution in [0.3, 0.4) is 0 Å². The molecule has 20 heavy (non-hydrogen) atoms. The third-order valence-corrected chi connectivity index (χ3v) is 3.26. The molecule has 112 valence electrons. The van der Waals surface area contributed by atoms with Gasteiger partial charge in [-0.1, -0.05) is 19.9 Å². The van der Waals surface area contributed by atoms with E-state index in [1.807, 2.05) is 23.1 Å². The van der Waals surface area contributed by atoms with Crippen molar-refractivity contribution < 1.29 is 9.53 Å². The average molecular weight is 278 g/mol. The van der Waals surface area contributed by atoms with Gasteiger partial charge >= 0.3 is 0 Å². The van der Waals surface area contributed by atoms with Crippen molar-refractivity contribution in [3.05, 3.63) is 23.8 Å². The Balaban J connectivity index is 2.57. The number of hydrogen-bond donors (Lipinski definition) is 1. The van der Waals surface area contributed by atoms with Crippen LogP contribution in [0.15, 0.2) is 18.2 Å². The Bertz CT molecular complexity index is 426. The van der Waals surface area contributed by atoms with Gasteiger partial charge in [-0.3, -0.25) is 4.79 Å². The highest BCUT2D eigenvalue weighted by Gasteiger charge is 2.11. The number of carbonyl (C=O) groups is 1. The number of nitrogens with zero attached hydrogens (tertiary/aromatic N) is 1. The SMILES string of the molecule is CCCN(CCC)C(=O)CCc1ccc(OC)c(N)c1. The lowest BCUT2D eigenvalue weighted by Crippen LogP contribution is -2.32. The second kappa shape index (κ2) is 8.46. The average Bonchev–Trinajstić information content (AvgIpc) is 2.44. The Morgan fingerprint density at radius 2 is 1.90 bits per heavy atom. The summed E-state index contributed by atoms with van der Waals surface area (Å²) in [6.07, 6.45) is 3.26. The Morgan fingerprint density at radius 1 is 1.25 bits per heavy atom.